The summed E-state index contributed by atoms with van der Waals surface area (Å²) in [5.41, 5.74) is 0.770. The van der Waals surface area contributed by atoms with Gasteiger partial charge in [-0.3, -0.25) is 9.48 Å². The largest absolute Gasteiger partial charge is 0.487 e. The molecule has 1 amide bonds. The standard InChI is InChI=1S/C18H24N4O3/c23-18(19-12-17-8-5-11-24-17)9-4-10-22-13-15(20-21-22)14-25-16-6-2-1-3-7-16/h1-3,6-7,13,17H,4-5,8-12,14H2,(H,19,23)/t17-/m1/s1. The maximum absolute atomic E-state index is 11.8. The van der Waals surface area contributed by atoms with Gasteiger partial charge < -0.3 is 14.8 Å². The van der Waals surface area contributed by atoms with Gasteiger partial charge in [0, 0.05) is 26.1 Å². The van der Waals surface area contributed by atoms with E-state index in [1.54, 1.807) is 4.68 Å². The Kier molecular flexibility index (Phi) is 6.39. The minimum absolute atomic E-state index is 0.0586. The lowest BCUT2D eigenvalue weighted by atomic mass is 10.2. The predicted molar refractivity (Wildman–Crippen MR) is 92.0 cm³/mol. The van der Waals surface area contributed by atoms with Gasteiger partial charge in [-0.15, -0.1) is 5.10 Å². The molecule has 7 heteroatoms. The first kappa shape index (κ1) is 17.4. The number of amides is 1. The van der Waals surface area contributed by atoms with Crippen molar-refractivity contribution >= 4 is 5.91 Å². The Balaban J connectivity index is 1.32. The van der Waals surface area contributed by atoms with E-state index in [-0.39, 0.29) is 12.0 Å². The molecule has 2 aromatic rings. The zero-order valence-corrected chi connectivity index (χ0v) is 14.3. The molecule has 0 saturated carbocycles. The molecular formula is C18H24N4O3. The number of para-hydroxylation sites is 1. The number of carbonyl (C=O) groups excluding carboxylic acids is 1. The lowest BCUT2D eigenvalue weighted by Gasteiger charge is -2.10. The van der Waals surface area contributed by atoms with Crippen LogP contribution >= 0.6 is 0 Å². The summed E-state index contributed by atoms with van der Waals surface area (Å²) in [7, 11) is 0. The number of aryl methyl sites for hydroxylation is 1. The van der Waals surface area contributed by atoms with Gasteiger partial charge in [0.2, 0.25) is 5.91 Å². The van der Waals surface area contributed by atoms with Crippen molar-refractivity contribution in [1.29, 1.82) is 0 Å². The number of ether oxygens (including phenoxy) is 2. The minimum atomic E-state index is 0.0586. The highest BCUT2D eigenvalue weighted by Crippen LogP contribution is 2.11. The van der Waals surface area contributed by atoms with Crippen LogP contribution in [-0.4, -0.2) is 40.2 Å². The second-order valence-electron chi connectivity index (χ2n) is 6.12. The first-order valence-corrected chi connectivity index (χ1v) is 8.75. The molecule has 0 spiro atoms. The number of nitrogens with one attached hydrogen (secondary N) is 1. The fraction of sp³-hybridized carbons (Fsp3) is 0.500. The summed E-state index contributed by atoms with van der Waals surface area (Å²) in [5.74, 6) is 0.864. The summed E-state index contributed by atoms with van der Waals surface area (Å²) in [5, 5.41) is 11.1. The monoisotopic (exact) mass is 344 g/mol. The molecule has 3 rings (SSSR count). The summed E-state index contributed by atoms with van der Waals surface area (Å²) in [6.07, 6.45) is 5.36. The summed E-state index contributed by atoms with van der Waals surface area (Å²) in [4.78, 5) is 11.8. The van der Waals surface area contributed by atoms with Gasteiger partial charge in [-0.25, -0.2) is 0 Å². The van der Waals surface area contributed by atoms with E-state index in [2.05, 4.69) is 15.6 Å². The van der Waals surface area contributed by atoms with Gasteiger partial charge in [0.05, 0.1) is 12.3 Å². The molecule has 1 aromatic heterocycles. The topological polar surface area (TPSA) is 78.3 Å². The van der Waals surface area contributed by atoms with Gasteiger partial charge in [0.1, 0.15) is 18.1 Å². The van der Waals surface area contributed by atoms with Crippen molar-refractivity contribution in [3.63, 3.8) is 0 Å². The zero-order valence-electron chi connectivity index (χ0n) is 14.3. The first-order chi connectivity index (χ1) is 12.3. The molecule has 7 nitrogen and oxygen atoms in total. The predicted octanol–water partition coefficient (Wildman–Crippen LogP) is 1.93. The fourth-order valence-corrected chi connectivity index (χ4v) is 2.71. The smallest absolute Gasteiger partial charge is 0.220 e. The molecule has 0 aliphatic carbocycles. The van der Waals surface area contributed by atoms with Gasteiger partial charge in [-0.05, 0) is 31.4 Å². The summed E-state index contributed by atoms with van der Waals surface area (Å²) in [6.45, 7) is 2.46. The average molecular weight is 344 g/mol. The number of hydrogen-bond acceptors (Lipinski definition) is 5. The third-order valence-electron chi connectivity index (χ3n) is 4.06. The third-order valence-corrected chi connectivity index (χ3v) is 4.06. The van der Waals surface area contributed by atoms with Gasteiger partial charge in [0.25, 0.3) is 0 Å². The van der Waals surface area contributed by atoms with E-state index in [4.69, 9.17) is 9.47 Å². The van der Waals surface area contributed by atoms with E-state index in [1.807, 2.05) is 36.5 Å². The number of rotatable bonds is 9. The number of benzene rings is 1. The number of nitrogens with zero attached hydrogens (tertiary/aromatic N) is 3. The number of aromatic nitrogens is 3. The van der Waals surface area contributed by atoms with Crippen LogP contribution in [0, 0.1) is 0 Å². The molecule has 0 unspecified atom stereocenters. The summed E-state index contributed by atoms with van der Waals surface area (Å²) >= 11 is 0. The Morgan fingerprint density at radius 1 is 1.36 bits per heavy atom. The maximum atomic E-state index is 11.8. The van der Waals surface area contributed by atoms with E-state index in [0.29, 0.717) is 26.1 Å². The molecule has 25 heavy (non-hydrogen) atoms. The highest BCUT2D eigenvalue weighted by atomic mass is 16.5. The van der Waals surface area contributed by atoms with Crippen molar-refractivity contribution in [3.05, 3.63) is 42.2 Å². The SMILES string of the molecule is O=C(CCCn1cc(COc2ccccc2)nn1)NC[C@H]1CCCO1. The van der Waals surface area contributed by atoms with Gasteiger partial charge in [-0.1, -0.05) is 23.4 Å². The van der Waals surface area contributed by atoms with Crippen LogP contribution in [0.5, 0.6) is 5.75 Å². The Morgan fingerprint density at radius 3 is 3.04 bits per heavy atom. The Bertz CT molecular complexity index is 653. The van der Waals surface area contributed by atoms with E-state index in [1.165, 1.54) is 0 Å². The molecule has 1 atom stereocenters. The van der Waals surface area contributed by atoms with Crippen molar-refractivity contribution in [1.82, 2.24) is 20.3 Å². The molecule has 0 radical (unpaired) electrons. The first-order valence-electron chi connectivity index (χ1n) is 8.75. The highest BCUT2D eigenvalue weighted by molar-refractivity contribution is 5.75. The summed E-state index contributed by atoms with van der Waals surface area (Å²) < 4.78 is 12.9. The molecule has 1 aliphatic rings. The van der Waals surface area contributed by atoms with Crippen molar-refractivity contribution in [2.75, 3.05) is 13.2 Å². The molecule has 134 valence electrons. The van der Waals surface area contributed by atoms with E-state index >= 15 is 0 Å². The van der Waals surface area contributed by atoms with Gasteiger partial charge >= 0.3 is 0 Å². The van der Waals surface area contributed by atoms with Crippen LogP contribution in [0.2, 0.25) is 0 Å². The second-order valence-corrected chi connectivity index (χ2v) is 6.12. The molecular weight excluding hydrogens is 320 g/mol. The minimum Gasteiger partial charge on any atom is -0.487 e. The molecule has 1 aromatic carbocycles. The van der Waals surface area contributed by atoms with Crippen LogP contribution in [0.3, 0.4) is 0 Å². The van der Waals surface area contributed by atoms with E-state index in [9.17, 15) is 4.79 Å². The van der Waals surface area contributed by atoms with Crippen molar-refractivity contribution < 1.29 is 14.3 Å². The Labute approximate surface area is 147 Å². The van der Waals surface area contributed by atoms with Crippen molar-refractivity contribution in [2.24, 2.45) is 0 Å². The van der Waals surface area contributed by atoms with Crippen molar-refractivity contribution in [2.45, 2.75) is 44.9 Å². The number of carbonyl (C=O) groups is 1. The van der Waals surface area contributed by atoms with Crippen LogP contribution in [0.25, 0.3) is 0 Å². The fourth-order valence-electron chi connectivity index (χ4n) is 2.71. The molecule has 2 heterocycles. The molecule has 1 fully saturated rings. The molecule has 1 N–H and O–H groups in total. The Hall–Kier alpha value is -2.41. The lowest BCUT2D eigenvalue weighted by molar-refractivity contribution is -0.121. The van der Waals surface area contributed by atoms with Crippen molar-refractivity contribution in [3.8, 4) is 5.75 Å². The molecule has 1 saturated heterocycles. The van der Waals surface area contributed by atoms with Crippen LogP contribution in [0.15, 0.2) is 36.5 Å². The van der Waals surface area contributed by atoms with Gasteiger partial charge in [0.15, 0.2) is 0 Å². The second kappa shape index (κ2) is 9.17. The third kappa shape index (κ3) is 5.86. The van der Waals surface area contributed by atoms with Crippen LogP contribution in [-0.2, 0) is 22.7 Å². The summed E-state index contributed by atoms with van der Waals surface area (Å²) in [6, 6.07) is 9.60. The van der Waals surface area contributed by atoms with E-state index in [0.717, 1.165) is 37.3 Å². The van der Waals surface area contributed by atoms with Crippen LogP contribution in [0.4, 0.5) is 0 Å². The van der Waals surface area contributed by atoms with E-state index < -0.39 is 0 Å². The lowest BCUT2D eigenvalue weighted by Crippen LogP contribution is -2.31. The number of hydrogen-bond donors (Lipinski definition) is 1. The Morgan fingerprint density at radius 2 is 2.24 bits per heavy atom. The zero-order chi connectivity index (χ0) is 17.3. The maximum Gasteiger partial charge on any atom is 0.220 e. The van der Waals surface area contributed by atoms with Crippen LogP contribution < -0.4 is 10.1 Å². The average Bonchev–Trinajstić information content (AvgIpc) is 3.31. The molecule has 1 aliphatic heterocycles. The van der Waals surface area contributed by atoms with Crippen LogP contribution in [0.1, 0.15) is 31.4 Å². The van der Waals surface area contributed by atoms with Gasteiger partial charge in [-0.2, -0.15) is 0 Å². The normalized spacial score (nSPS) is 16.7. The molecule has 0 bridgehead atoms. The quantitative estimate of drug-likeness (QED) is 0.752. The highest BCUT2D eigenvalue weighted by Gasteiger charge is 2.15.